The van der Waals surface area contributed by atoms with Crippen molar-refractivity contribution in [1.29, 1.82) is 0 Å². The molecule has 0 saturated carbocycles. The van der Waals surface area contributed by atoms with E-state index in [0.717, 1.165) is 12.1 Å². The van der Waals surface area contributed by atoms with Gasteiger partial charge in [0.15, 0.2) is 9.84 Å². The molecule has 3 atom stereocenters. The van der Waals surface area contributed by atoms with Crippen molar-refractivity contribution in [1.82, 2.24) is 5.32 Å². The molecule has 9 nitrogen and oxygen atoms in total. The standard InChI is InChI=1S/C17H23FN2O7S/c1-17(2,3)27-16(22)19-13-9-28(25,26)8-11(15(13)21)6-10-4-5-14(20(23)24)12(18)7-10/h4-5,7,11,13,15,21H,6,8-9H2,1-3H3,(H,19,22)/t11-,13+,15+/m1/s1. The van der Waals surface area contributed by atoms with Gasteiger partial charge in [-0.2, -0.15) is 4.39 Å². The van der Waals surface area contributed by atoms with Crippen LogP contribution < -0.4 is 5.32 Å². The average Bonchev–Trinajstić information content (AvgIpc) is 2.49. The number of nitro benzene ring substituents is 1. The van der Waals surface area contributed by atoms with Crippen molar-refractivity contribution >= 4 is 21.6 Å². The topological polar surface area (TPSA) is 136 Å². The van der Waals surface area contributed by atoms with E-state index < -0.39 is 61.8 Å². The van der Waals surface area contributed by atoms with Crippen LogP contribution in [-0.2, 0) is 21.0 Å². The van der Waals surface area contributed by atoms with Gasteiger partial charge in [-0.05, 0) is 38.8 Å². The van der Waals surface area contributed by atoms with Gasteiger partial charge in [-0.15, -0.1) is 0 Å². The fourth-order valence-electron chi connectivity index (χ4n) is 3.09. The van der Waals surface area contributed by atoms with Crippen molar-refractivity contribution in [2.24, 2.45) is 5.92 Å². The Morgan fingerprint density at radius 1 is 1.39 bits per heavy atom. The minimum absolute atomic E-state index is 0.0260. The lowest BCUT2D eigenvalue weighted by Crippen LogP contribution is -2.56. The second-order valence-electron chi connectivity index (χ2n) is 7.83. The molecule has 28 heavy (non-hydrogen) atoms. The van der Waals surface area contributed by atoms with E-state index in [2.05, 4.69) is 5.32 Å². The maximum atomic E-state index is 13.8. The average molecular weight is 418 g/mol. The summed E-state index contributed by atoms with van der Waals surface area (Å²) >= 11 is 0. The third-order valence-electron chi connectivity index (χ3n) is 4.21. The molecule has 0 radical (unpaired) electrons. The number of carbonyl (C=O) groups is 1. The summed E-state index contributed by atoms with van der Waals surface area (Å²) < 4.78 is 43.3. The summed E-state index contributed by atoms with van der Waals surface area (Å²) in [5.41, 5.74) is -1.18. The van der Waals surface area contributed by atoms with Crippen LogP contribution in [0.15, 0.2) is 18.2 Å². The summed E-state index contributed by atoms with van der Waals surface area (Å²) in [6, 6.07) is 2.17. The van der Waals surface area contributed by atoms with Gasteiger partial charge in [0.05, 0.1) is 28.6 Å². The fourth-order valence-corrected chi connectivity index (χ4v) is 5.02. The largest absolute Gasteiger partial charge is 0.444 e. The first-order valence-electron chi connectivity index (χ1n) is 8.58. The Labute approximate surface area is 162 Å². The first kappa shape index (κ1) is 22.0. The van der Waals surface area contributed by atoms with Crippen molar-refractivity contribution in [2.75, 3.05) is 11.5 Å². The van der Waals surface area contributed by atoms with Crippen LogP contribution in [0, 0.1) is 21.8 Å². The highest BCUT2D eigenvalue weighted by Gasteiger charge is 2.41. The van der Waals surface area contributed by atoms with Gasteiger partial charge >= 0.3 is 11.8 Å². The third kappa shape index (κ3) is 5.86. The van der Waals surface area contributed by atoms with Crippen molar-refractivity contribution in [3.8, 4) is 0 Å². The Kier molecular flexibility index (Phi) is 6.29. The number of benzene rings is 1. The number of alkyl carbamates (subject to hydrolysis) is 1. The monoisotopic (exact) mass is 418 g/mol. The SMILES string of the molecule is CC(C)(C)OC(=O)N[C@H]1CS(=O)(=O)C[C@@H](Cc2ccc([N+](=O)[O-])c(F)c2)[C@@H]1O. The maximum absolute atomic E-state index is 13.8. The number of aliphatic hydroxyl groups is 1. The van der Waals surface area contributed by atoms with Crippen molar-refractivity contribution in [2.45, 2.75) is 44.9 Å². The van der Waals surface area contributed by atoms with E-state index in [4.69, 9.17) is 4.74 Å². The number of carbonyl (C=O) groups excluding carboxylic acids is 1. The van der Waals surface area contributed by atoms with Gasteiger partial charge in [0.1, 0.15) is 5.60 Å². The first-order chi connectivity index (χ1) is 12.8. The molecule has 11 heteroatoms. The number of rotatable bonds is 4. The van der Waals surface area contributed by atoms with Gasteiger partial charge in [0, 0.05) is 12.0 Å². The van der Waals surface area contributed by atoms with E-state index in [-0.39, 0.29) is 12.2 Å². The molecule has 1 amide bonds. The van der Waals surface area contributed by atoms with Crippen molar-refractivity contribution in [3.63, 3.8) is 0 Å². The lowest BCUT2D eigenvalue weighted by atomic mass is 9.91. The van der Waals surface area contributed by atoms with Gasteiger partial charge in [-0.25, -0.2) is 13.2 Å². The second-order valence-corrected chi connectivity index (χ2v) is 9.98. The predicted molar refractivity (Wildman–Crippen MR) is 98.1 cm³/mol. The molecule has 2 rings (SSSR count). The molecular formula is C17H23FN2O7S. The molecule has 1 heterocycles. The number of hydrogen-bond donors (Lipinski definition) is 2. The van der Waals surface area contributed by atoms with Gasteiger partial charge in [-0.3, -0.25) is 10.1 Å². The first-order valence-corrected chi connectivity index (χ1v) is 10.4. The van der Waals surface area contributed by atoms with E-state index in [1.165, 1.54) is 6.07 Å². The molecule has 1 aliphatic heterocycles. The molecular weight excluding hydrogens is 395 g/mol. The van der Waals surface area contributed by atoms with Crippen molar-refractivity contribution in [3.05, 3.63) is 39.7 Å². The number of nitro groups is 1. The summed E-state index contributed by atoms with van der Waals surface area (Å²) in [4.78, 5) is 21.8. The highest BCUT2D eigenvalue weighted by atomic mass is 32.2. The van der Waals surface area contributed by atoms with Gasteiger partial charge in [0.25, 0.3) is 0 Å². The minimum atomic E-state index is -3.59. The molecule has 1 aromatic rings. The van der Waals surface area contributed by atoms with Crippen LogP contribution in [0.25, 0.3) is 0 Å². The number of halogens is 1. The molecule has 1 fully saturated rings. The summed E-state index contributed by atoms with van der Waals surface area (Å²) in [5, 5.41) is 23.6. The lowest BCUT2D eigenvalue weighted by Gasteiger charge is -2.35. The summed E-state index contributed by atoms with van der Waals surface area (Å²) in [6.45, 7) is 4.94. The number of amides is 1. The number of nitrogens with zero attached hydrogens (tertiary/aromatic N) is 1. The van der Waals surface area contributed by atoms with Gasteiger partial charge < -0.3 is 15.2 Å². The molecule has 0 aliphatic carbocycles. The van der Waals surface area contributed by atoms with Crippen LogP contribution in [0.2, 0.25) is 0 Å². The quantitative estimate of drug-likeness (QED) is 0.559. The zero-order chi connectivity index (χ0) is 21.3. The van der Waals surface area contributed by atoms with E-state index in [0.29, 0.717) is 5.56 Å². The molecule has 2 N–H and O–H groups in total. The van der Waals surface area contributed by atoms with E-state index >= 15 is 0 Å². The smallest absolute Gasteiger partial charge is 0.407 e. The van der Waals surface area contributed by atoms with Crippen molar-refractivity contribution < 1.29 is 32.4 Å². The molecule has 0 aromatic heterocycles. The van der Waals surface area contributed by atoms with Gasteiger partial charge in [-0.1, -0.05) is 6.07 Å². The fraction of sp³-hybridized carbons (Fsp3) is 0.588. The lowest BCUT2D eigenvalue weighted by molar-refractivity contribution is -0.387. The minimum Gasteiger partial charge on any atom is -0.444 e. The molecule has 1 saturated heterocycles. The van der Waals surface area contributed by atoms with Crippen LogP contribution in [-0.4, -0.2) is 53.8 Å². The third-order valence-corrected chi connectivity index (χ3v) is 6.01. The molecule has 156 valence electrons. The highest BCUT2D eigenvalue weighted by Crippen LogP contribution is 2.26. The number of nitrogens with one attached hydrogen (secondary N) is 1. The zero-order valence-electron chi connectivity index (χ0n) is 15.7. The van der Waals surface area contributed by atoms with Crippen LogP contribution in [0.1, 0.15) is 26.3 Å². The predicted octanol–water partition coefficient (Wildman–Crippen LogP) is 1.58. The number of aliphatic hydroxyl groups excluding tert-OH is 1. The number of hydrogen-bond acceptors (Lipinski definition) is 7. The maximum Gasteiger partial charge on any atom is 0.407 e. The molecule has 1 aliphatic rings. The molecule has 0 spiro atoms. The van der Waals surface area contributed by atoms with E-state index in [1.54, 1.807) is 20.8 Å². The van der Waals surface area contributed by atoms with Crippen LogP contribution >= 0.6 is 0 Å². The molecule has 0 unspecified atom stereocenters. The Hall–Kier alpha value is -2.27. The molecule has 0 bridgehead atoms. The highest BCUT2D eigenvalue weighted by molar-refractivity contribution is 7.91. The Morgan fingerprint density at radius 2 is 2.04 bits per heavy atom. The van der Waals surface area contributed by atoms with Gasteiger partial charge in [0.2, 0.25) is 5.82 Å². The van der Waals surface area contributed by atoms with Crippen LogP contribution in [0.5, 0.6) is 0 Å². The van der Waals surface area contributed by atoms with E-state index in [1.807, 2.05) is 0 Å². The van der Waals surface area contributed by atoms with E-state index in [9.17, 15) is 32.8 Å². The second kappa shape index (κ2) is 8.00. The molecule has 1 aromatic carbocycles. The summed E-state index contributed by atoms with van der Waals surface area (Å²) in [7, 11) is -3.59. The summed E-state index contributed by atoms with van der Waals surface area (Å²) in [5.74, 6) is -2.66. The normalized spacial score (nSPS) is 24.4. The number of sulfone groups is 1. The Bertz CT molecular complexity index is 867. The van der Waals surface area contributed by atoms with Crippen LogP contribution in [0.3, 0.4) is 0 Å². The Morgan fingerprint density at radius 3 is 2.57 bits per heavy atom. The summed E-state index contributed by atoms with van der Waals surface area (Å²) in [6.07, 6.45) is -2.09. The Balaban J connectivity index is 2.16. The zero-order valence-corrected chi connectivity index (χ0v) is 16.5. The van der Waals surface area contributed by atoms with Crippen LogP contribution in [0.4, 0.5) is 14.9 Å². The number of ether oxygens (including phenoxy) is 1.